The van der Waals surface area contributed by atoms with Gasteiger partial charge in [-0.2, -0.15) is 0 Å². The summed E-state index contributed by atoms with van der Waals surface area (Å²) in [7, 11) is 0. The number of pyridine rings is 1. The predicted octanol–water partition coefficient (Wildman–Crippen LogP) is 3.56. The molecule has 1 aromatic carbocycles. The normalized spacial score (nSPS) is 11.0. The number of amides is 1. The summed E-state index contributed by atoms with van der Waals surface area (Å²) in [6, 6.07) is 2.82. The molecule has 2 aromatic heterocycles. The van der Waals surface area contributed by atoms with E-state index in [0.29, 0.717) is 22.1 Å². The second-order valence-electron chi connectivity index (χ2n) is 4.80. The van der Waals surface area contributed by atoms with E-state index in [1.165, 1.54) is 12.4 Å². The van der Waals surface area contributed by atoms with Gasteiger partial charge in [-0.3, -0.25) is 4.79 Å². The summed E-state index contributed by atoms with van der Waals surface area (Å²) in [6.45, 7) is -0.361. The first-order chi connectivity index (χ1) is 11.0. The SMILES string of the molecule is O=C(NCc1cc(F)cc(F)c1F)c1c[nH]c2ncc(Cl)cc12. The Morgan fingerprint density at radius 1 is 1.26 bits per heavy atom. The number of benzene rings is 1. The Hall–Kier alpha value is -2.54. The molecule has 0 atom stereocenters. The summed E-state index contributed by atoms with van der Waals surface area (Å²) in [6.07, 6.45) is 2.85. The molecule has 0 aliphatic rings. The lowest BCUT2D eigenvalue weighted by molar-refractivity contribution is 0.0952. The van der Waals surface area contributed by atoms with Crippen LogP contribution in [0.5, 0.6) is 0 Å². The van der Waals surface area contributed by atoms with Gasteiger partial charge in [0.25, 0.3) is 5.91 Å². The number of fused-ring (bicyclic) bond motifs is 1. The lowest BCUT2D eigenvalue weighted by Gasteiger charge is -2.07. The molecule has 0 unspecified atom stereocenters. The van der Waals surface area contributed by atoms with Crippen LogP contribution in [0.4, 0.5) is 13.2 Å². The Kier molecular flexibility index (Phi) is 3.96. The molecule has 0 aliphatic heterocycles. The zero-order valence-corrected chi connectivity index (χ0v) is 12.2. The Balaban J connectivity index is 1.83. The predicted molar refractivity (Wildman–Crippen MR) is 78.6 cm³/mol. The van der Waals surface area contributed by atoms with Crippen molar-refractivity contribution in [1.29, 1.82) is 0 Å². The topological polar surface area (TPSA) is 57.8 Å². The fourth-order valence-corrected chi connectivity index (χ4v) is 2.33. The van der Waals surface area contributed by atoms with Crippen LogP contribution in [-0.2, 0) is 6.54 Å². The van der Waals surface area contributed by atoms with E-state index >= 15 is 0 Å². The molecular formula is C15H9ClF3N3O. The average Bonchev–Trinajstić information content (AvgIpc) is 2.92. The number of rotatable bonds is 3. The third kappa shape index (κ3) is 3.00. The quantitative estimate of drug-likeness (QED) is 0.717. The monoisotopic (exact) mass is 339 g/mol. The molecule has 118 valence electrons. The van der Waals surface area contributed by atoms with Gasteiger partial charge in [-0.05, 0) is 12.1 Å². The highest BCUT2D eigenvalue weighted by atomic mass is 35.5. The van der Waals surface area contributed by atoms with E-state index in [4.69, 9.17) is 11.6 Å². The molecule has 0 radical (unpaired) electrons. The fourth-order valence-electron chi connectivity index (χ4n) is 2.17. The van der Waals surface area contributed by atoms with E-state index in [-0.39, 0.29) is 17.7 Å². The summed E-state index contributed by atoms with van der Waals surface area (Å²) in [5.74, 6) is -3.98. The molecule has 3 rings (SSSR count). The number of aromatic nitrogens is 2. The highest BCUT2D eigenvalue weighted by Crippen LogP contribution is 2.20. The molecule has 0 bridgehead atoms. The van der Waals surface area contributed by atoms with Crippen molar-refractivity contribution in [3.05, 3.63) is 64.2 Å². The number of nitrogens with one attached hydrogen (secondary N) is 2. The van der Waals surface area contributed by atoms with Crippen molar-refractivity contribution in [1.82, 2.24) is 15.3 Å². The summed E-state index contributed by atoms with van der Waals surface area (Å²) in [5, 5.41) is 3.24. The van der Waals surface area contributed by atoms with Crippen LogP contribution in [-0.4, -0.2) is 15.9 Å². The molecule has 0 saturated carbocycles. The van der Waals surface area contributed by atoms with Crippen molar-refractivity contribution in [3.63, 3.8) is 0 Å². The smallest absolute Gasteiger partial charge is 0.253 e. The number of H-pyrrole nitrogens is 1. The molecule has 8 heteroatoms. The minimum Gasteiger partial charge on any atom is -0.348 e. The Bertz CT molecular complexity index is 910. The number of carbonyl (C=O) groups excluding carboxylic acids is 1. The van der Waals surface area contributed by atoms with Gasteiger partial charge < -0.3 is 10.3 Å². The lowest BCUT2D eigenvalue weighted by atomic mass is 10.1. The van der Waals surface area contributed by atoms with Crippen molar-refractivity contribution in [2.45, 2.75) is 6.54 Å². The van der Waals surface area contributed by atoms with Crippen LogP contribution in [0.2, 0.25) is 5.02 Å². The molecule has 0 fully saturated rings. The lowest BCUT2D eigenvalue weighted by Crippen LogP contribution is -2.23. The van der Waals surface area contributed by atoms with Crippen LogP contribution in [0.15, 0.2) is 30.6 Å². The van der Waals surface area contributed by atoms with Crippen molar-refractivity contribution < 1.29 is 18.0 Å². The van der Waals surface area contributed by atoms with Crippen molar-refractivity contribution in [2.24, 2.45) is 0 Å². The van der Waals surface area contributed by atoms with E-state index < -0.39 is 23.4 Å². The van der Waals surface area contributed by atoms with E-state index in [1.807, 2.05) is 0 Å². The molecule has 4 nitrogen and oxygen atoms in total. The van der Waals surface area contributed by atoms with E-state index in [0.717, 1.165) is 6.07 Å². The Labute approximate surface area is 133 Å². The molecule has 2 N–H and O–H groups in total. The third-order valence-electron chi connectivity index (χ3n) is 3.25. The first-order valence-electron chi connectivity index (χ1n) is 6.50. The number of aromatic amines is 1. The number of hydrogen-bond acceptors (Lipinski definition) is 2. The molecule has 2 heterocycles. The van der Waals surface area contributed by atoms with Gasteiger partial charge in [0.05, 0.1) is 10.6 Å². The van der Waals surface area contributed by atoms with Gasteiger partial charge >= 0.3 is 0 Å². The largest absolute Gasteiger partial charge is 0.348 e. The maximum Gasteiger partial charge on any atom is 0.253 e. The zero-order valence-electron chi connectivity index (χ0n) is 11.5. The van der Waals surface area contributed by atoms with Crippen LogP contribution < -0.4 is 5.32 Å². The van der Waals surface area contributed by atoms with Crippen LogP contribution in [0.25, 0.3) is 11.0 Å². The third-order valence-corrected chi connectivity index (χ3v) is 3.46. The van der Waals surface area contributed by atoms with Gasteiger partial charge in [0, 0.05) is 36.0 Å². The highest BCUT2D eigenvalue weighted by Gasteiger charge is 2.15. The first-order valence-corrected chi connectivity index (χ1v) is 6.88. The van der Waals surface area contributed by atoms with Crippen LogP contribution >= 0.6 is 11.6 Å². The number of carbonyl (C=O) groups is 1. The van der Waals surface area contributed by atoms with Crippen LogP contribution in [0.3, 0.4) is 0 Å². The standard InChI is InChI=1S/C15H9ClF3N3O/c16-8-2-10-11(6-21-14(10)20-5-8)15(23)22-4-7-1-9(17)3-12(18)13(7)19/h1-3,5-6H,4H2,(H,20,21)(H,22,23). The summed E-state index contributed by atoms with van der Waals surface area (Å²) >= 11 is 5.84. The van der Waals surface area contributed by atoms with E-state index in [2.05, 4.69) is 15.3 Å². The molecular weight excluding hydrogens is 331 g/mol. The minimum absolute atomic E-state index is 0.243. The summed E-state index contributed by atoms with van der Waals surface area (Å²) in [4.78, 5) is 19.0. The summed E-state index contributed by atoms with van der Waals surface area (Å²) < 4.78 is 39.8. The second kappa shape index (κ2) is 5.92. The number of nitrogens with zero attached hydrogens (tertiary/aromatic N) is 1. The maximum absolute atomic E-state index is 13.6. The summed E-state index contributed by atoms with van der Waals surface area (Å²) in [5.41, 5.74) is 0.418. The molecule has 0 aliphatic carbocycles. The zero-order chi connectivity index (χ0) is 16.6. The van der Waals surface area contributed by atoms with Gasteiger partial charge in [0.15, 0.2) is 11.6 Å². The average molecular weight is 340 g/mol. The molecule has 3 aromatic rings. The fraction of sp³-hybridized carbons (Fsp3) is 0.0667. The number of hydrogen-bond donors (Lipinski definition) is 2. The molecule has 0 saturated heterocycles. The van der Waals surface area contributed by atoms with E-state index in [9.17, 15) is 18.0 Å². The number of halogens is 4. The van der Waals surface area contributed by atoms with Crippen molar-refractivity contribution in [3.8, 4) is 0 Å². The van der Waals surface area contributed by atoms with Gasteiger partial charge in [0.1, 0.15) is 11.5 Å². The van der Waals surface area contributed by atoms with Gasteiger partial charge in [-0.1, -0.05) is 11.6 Å². The maximum atomic E-state index is 13.6. The van der Waals surface area contributed by atoms with Crippen molar-refractivity contribution >= 4 is 28.5 Å². The minimum atomic E-state index is -1.31. The Morgan fingerprint density at radius 2 is 2.04 bits per heavy atom. The van der Waals surface area contributed by atoms with Crippen LogP contribution in [0.1, 0.15) is 15.9 Å². The van der Waals surface area contributed by atoms with Gasteiger partial charge in [-0.25, -0.2) is 18.2 Å². The molecule has 23 heavy (non-hydrogen) atoms. The molecule has 0 spiro atoms. The first kappa shape index (κ1) is 15.4. The van der Waals surface area contributed by atoms with Crippen LogP contribution in [0, 0.1) is 17.5 Å². The second-order valence-corrected chi connectivity index (χ2v) is 5.23. The van der Waals surface area contributed by atoms with Crippen molar-refractivity contribution in [2.75, 3.05) is 0 Å². The molecule has 1 amide bonds. The van der Waals surface area contributed by atoms with Gasteiger partial charge in [0.2, 0.25) is 0 Å². The van der Waals surface area contributed by atoms with Gasteiger partial charge in [-0.15, -0.1) is 0 Å². The Morgan fingerprint density at radius 3 is 2.83 bits per heavy atom. The highest BCUT2D eigenvalue weighted by molar-refractivity contribution is 6.31. The van der Waals surface area contributed by atoms with E-state index in [1.54, 1.807) is 6.07 Å².